The molecule has 0 atom stereocenters. The molecule has 1 aliphatic heterocycles. The van der Waals surface area contributed by atoms with Crippen LogP contribution in [0.2, 0.25) is 0 Å². The highest BCUT2D eigenvalue weighted by molar-refractivity contribution is 5.95. The van der Waals surface area contributed by atoms with Crippen LogP contribution in [0.4, 0.5) is 5.82 Å². The summed E-state index contributed by atoms with van der Waals surface area (Å²) in [6.45, 7) is 6.52. The van der Waals surface area contributed by atoms with Gasteiger partial charge in [0.2, 0.25) is 0 Å². The van der Waals surface area contributed by atoms with E-state index in [0.717, 1.165) is 37.3 Å². The summed E-state index contributed by atoms with van der Waals surface area (Å²) < 4.78 is 1.72. The molecule has 0 bridgehead atoms. The highest BCUT2D eigenvalue weighted by Gasteiger charge is 2.21. The lowest BCUT2D eigenvalue weighted by Crippen LogP contribution is -2.39. The van der Waals surface area contributed by atoms with Gasteiger partial charge >= 0.3 is 0 Å². The van der Waals surface area contributed by atoms with E-state index < -0.39 is 0 Å². The number of rotatable bonds is 6. The van der Waals surface area contributed by atoms with Gasteiger partial charge in [-0.15, -0.1) is 0 Å². The Labute approximate surface area is 159 Å². The summed E-state index contributed by atoms with van der Waals surface area (Å²) in [5, 5.41) is 9.34. The van der Waals surface area contributed by atoms with Crippen LogP contribution in [-0.2, 0) is 0 Å². The lowest BCUT2D eigenvalue weighted by molar-refractivity contribution is 0.0952. The van der Waals surface area contributed by atoms with Gasteiger partial charge in [0, 0.05) is 31.5 Å². The number of nitrogens with zero attached hydrogens (tertiary/aromatic N) is 2. The predicted octanol–water partition coefficient (Wildman–Crippen LogP) is 1.63. The van der Waals surface area contributed by atoms with Gasteiger partial charge in [0.05, 0.1) is 0 Å². The number of carbonyl (C=O) groups is 1. The summed E-state index contributed by atoms with van der Waals surface area (Å²) in [5.41, 5.74) is 1.79. The number of nitrogens with one attached hydrogen (secondary N) is 3. The van der Waals surface area contributed by atoms with Gasteiger partial charge in [-0.2, -0.15) is 0 Å². The molecule has 0 aliphatic carbocycles. The molecule has 0 unspecified atom stereocenters. The standard InChI is InChI=1S/C20H27N5O2/c1-14-7-13-25(16-5-9-21-10-6-16)20(27)17(14)19(26)24-12-11-23-18-15(2)4-3-8-22-18/h3-4,7-8,13,16,21H,5-6,9-12H2,1-2H3,(H,22,23)(H,24,26). The minimum absolute atomic E-state index is 0.152. The maximum atomic E-state index is 12.9. The highest BCUT2D eigenvalue weighted by Crippen LogP contribution is 2.17. The van der Waals surface area contributed by atoms with Gasteiger partial charge in [-0.3, -0.25) is 9.59 Å². The fourth-order valence-electron chi connectivity index (χ4n) is 3.41. The average molecular weight is 369 g/mol. The van der Waals surface area contributed by atoms with Crippen molar-refractivity contribution in [2.75, 3.05) is 31.5 Å². The third-order valence-corrected chi connectivity index (χ3v) is 4.97. The Morgan fingerprint density at radius 2 is 2.00 bits per heavy atom. The predicted molar refractivity (Wildman–Crippen MR) is 106 cm³/mol. The molecule has 3 N–H and O–H groups in total. The second kappa shape index (κ2) is 8.81. The lowest BCUT2D eigenvalue weighted by atomic mass is 10.0. The SMILES string of the molecule is Cc1cccnc1NCCNC(=O)c1c(C)ccn(C2CCNCC2)c1=O. The number of amides is 1. The Balaban J connectivity index is 1.64. The van der Waals surface area contributed by atoms with E-state index in [2.05, 4.69) is 20.9 Å². The molecular formula is C20H27N5O2. The van der Waals surface area contributed by atoms with E-state index in [1.807, 2.05) is 31.3 Å². The Hall–Kier alpha value is -2.67. The fourth-order valence-corrected chi connectivity index (χ4v) is 3.41. The normalized spacial score (nSPS) is 14.7. The van der Waals surface area contributed by atoms with Crippen molar-refractivity contribution in [2.24, 2.45) is 0 Å². The Morgan fingerprint density at radius 1 is 1.22 bits per heavy atom. The highest BCUT2D eigenvalue weighted by atomic mass is 16.2. The monoisotopic (exact) mass is 369 g/mol. The molecule has 0 aromatic carbocycles. The molecule has 1 amide bonds. The second-order valence-corrected chi connectivity index (χ2v) is 6.92. The van der Waals surface area contributed by atoms with Gasteiger partial charge in [-0.25, -0.2) is 4.98 Å². The smallest absolute Gasteiger partial charge is 0.263 e. The molecule has 7 heteroatoms. The number of piperidine rings is 1. The van der Waals surface area contributed by atoms with Crippen molar-refractivity contribution >= 4 is 11.7 Å². The first-order chi connectivity index (χ1) is 13.1. The number of pyridine rings is 2. The van der Waals surface area contributed by atoms with E-state index in [9.17, 15) is 9.59 Å². The Kier molecular flexibility index (Phi) is 6.24. The molecule has 144 valence electrons. The van der Waals surface area contributed by atoms with E-state index in [1.54, 1.807) is 17.7 Å². The van der Waals surface area contributed by atoms with Crippen LogP contribution < -0.4 is 21.5 Å². The fraction of sp³-hybridized carbons (Fsp3) is 0.450. The van der Waals surface area contributed by atoms with Crippen molar-refractivity contribution in [3.8, 4) is 0 Å². The van der Waals surface area contributed by atoms with Gasteiger partial charge < -0.3 is 20.5 Å². The van der Waals surface area contributed by atoms with Crippen molar-refractivity contribution in [3.63, 3.8) is 0 Å². The molecule has 2 aromatic heterocycles. The van der Waals surface area contributed by atoms with Gasteiger partial charge in [-0.1, -0.05) is 6.07 Å². The summed E-state index contributed by atoms with van der Waals surface area (Å²) in [6, 6.07) is 5.87. The van der Waals surface area contributed by atoms with Crippen LogP contribution in [0.25, 0.3) is 0 Å². The lowest BCUT2D eigenvalue weighted by Gasteiger charge is -2.25. The first-order valence-corrected chi connectivity index (χ1v) is 9.44. The maximum absolute atomic E-state index is 12.9. The first kappa shape index (κ1) is 19.1. The third-order valence-electron chi connectivity index (χ3n) is 4.97. The number of hydrogen-bond donors (Lipinski definition) is 3. The maximum Gasteiger partial charge on any atom is 0.263 e. The number of aromatic nitrogens is 2. The van der Waals surface area contributed by atoms with Crippen LogP contribution in [0.5, 0.6) is 0 Å². The van der Waals surface area contributed by atoms with Crippen molar-refractivity contribution in [3.05, 3.63) is 57.6 Å². The summed E-state index contributed by atoms with van der Waals surface area (Å²) >= 11 is 0. The van der Waals surface area contributed by atoms with Crippen LogP contribution in [0, 0.1) is 13.8 Å². The first-order valence-electron chi connectivity index (χ1n) is 9.44. The van der Waals surface area contributed by atoms with Crippen LogP contribution in [-0.4, -0.2) is 41.6 Å². The van der Waals surface area contributed by atoms with Crippen LogP contribution in [0.3, 0.4) is 0 Å². The molecule has 1 fully saturated rings. The zero-order valence-electron chi connectivity index (χ0n) is 15.9. The minimum Gasteiger partial charge on any atom is -0.368 e. The van der Waals surface area contributed by atoms with Crippen LogP contribution >= 0.6 is 0 Å². The molecule has 7 nitrogen and oxygen atoms in total. The second-order valence-electron chi connectivity index (χ2n) is 6.92. The van der Waals surface area contributed by atoms with Gasteiger partial charge in [-0.05, 0) is 63.0 Å². The van der Waals surface area contributed by atoms with E-state index in [4.69, 9.17) is 0 Å². The quantitative estimate of drug-likeness (QED) is 0.674. The van der Waals surface area contributed by atoms with Crippen LogP contribution in [0.1, 0.15) is 40.4 Å². The molecule has 2 aromatic rings. The Bertz CT molecular complexity index is 856. The zero-order valence-corrected chi connectivity index (χ0v) is 15.9. The summed E-state index contributed by atoms with van der Waals surface area (Å²) in [6.07, 6.45) is 5.34. The molecule has 3 heterocycles. The molecule has 0 radical (unpaired) electrons. The molecule has 3 rings (SSSR count). The number of aryl methyl sites for hydroxylation is 2. The van der Waals surface area contributed by atoms with Crippen molar-refractivity contribution < 1.29 is 4.79 Å². The van der Waals surface area contributed by atoms with E-state index >= 15 is 0 Å². The molecule has 27 heavy (non-hydrogen) atoms. The molecule has 0 saturated carbocycles. The van der Waals surface area contributed by atoms with E-state index in [0.29, 0.717) is 18.7 Å². The largest absolute Gasteiger partial charge is 0.368 e. The zero-order chi connectivity index (χ0) is 19.2. The third kappa shape index (κ3) is 4.54. The van der Waals surface area contributed by atoms with E-state index in [1.165, 1.54) is 0 Å². The molecule has 1 aliphatic rings. The summed E-state index contributed by atoms with van der Waals surface area (Å²) in [7, 11) is 0. The number of hydrogen-bond acceptors (Lipinski definition) is 5. The topological polar surface area (TPSA) is 88.1 Å². The number of anilines is 1. The summed E-state index contributed by atoms with van der Waals surface area (Å²) in [4.78, 5) is 29.8. The number of carbonyl (C=O) groups excluding carboxylic acids is 1. The molecular weight excluding hydrogens is 342 g/mol. The van der Waals surface area contributed by atoms with Gasteiger partial charge in [0.25, 0.3) is 11.5 Å². The average Bonchev–Trinajstić information content (AvgIpc) is 2.67. The summed E-state index contributed by atoms with van der Waals surface area (Å²) in [5.74, 6) is 0.483. The van der Waals surface area contributed by atoms with Crippen LogP contribution in [0.15, 0.2) is 35.4 Å². The van der Waals surface area contributed by atoms with Gasteiger partial charge in [0.15, 0.2) is 0 Å². The van der Waals surface area contributed by atoms with Gasteiger partial charge in [0.1, 0.15) is 11.4 Å². The van der Waals surface area contributed by atoms with Crippen molar-refractivity contribution in [1.29, 1.82) is 0 Å². The minimum atomic E-state index is -0.319. The van der Waals surface area contributed by atoms with Crippen molar-refractivity contribution in [2.45, 2.75) is 32.7 Å². The van der Waals surface area contributed by atoms with E-state index in [-0.39, 0.29) is 23.1 Å². The molecule has 0 spiro atoms. The van der Waals surface area contributed by atoms with Crippen molar-refractivity contribution in [1.82, 2.24) is 20.2 Å². The molecule has 1 saturated heterocycles. The Morgan fingerprint density at radius 3 is 2.74 bits per heavy atom.